The van der Waals surface area contributed by atoms with Gasteiger partial charge in [0.15, 0.2) is 9.84 Å². The van der Waals surface area contributed by atoms with Crippen LogP contribution in [0.5, 0.6) is 0 Å². The number of aromatic nitrogens is 3. The number of anilines is 1. The van der Waals surface area contributed by atoms with Crippen molar-refractivity contribution in [2.24, 2.45) is 0 Å². The number of carbonyl (C=O) groups is 1. The Bertz CT molecular complexity index is 918. The van der Waals surface area contributed by atoms with Gasteiger partial charge in [-0.15, -0.1) is 0 Å². The standard InChI is InChI=1S/C18H23N5O3S/c1-3-23(15-6-8-27(25,26)12-15)18(24)16-9-17(22-13(2)21-16)20-11-14-5-4-7-19-10-14/h4-5,7,9-10,15H,3,6,8,11-12H2,1-2H3,(H,20,21,22). The summed E-state index contributed by atoms with van der Waals surface area (Å²) < 4.78 is 23.5. The molecule has 0 aromatic carbocycles. The Morgan fingerprint density at radius 1 is 1.37 bits per heavy atom. The molecule has 3 heterocycles. The third kappa shape index (κ3) is 4.79. The number of sulfone groups is 1. The molecule has 9 heteroatoms. The Morgan fingerprint density at radius 2 is 2.19 bits per heavy atom. The van der Waals surface area contributed by atoms with Crippen LogP contribution >= 0.6 is 0 Å². The smallest absolute Gasteiger partial charge is 0.272 e. The molecule has 144 valence electrons. The van der Waals surface area contributed by atoms with E-state index in [1.807, 2.05) is 19.1 Å². The van der Waals surface area contributed by atoms with Gasteiger partial charge in [0.25, 0.3) is 5.91 Å². The van der Waals surface area contributed by atoms with Crippen LogP contribution in [0.15, 0.2) is 30.6 Å². The molecular formula is C18H23N5O3S. The first kappa shape index (κ1) is 19.2. The molecule has 0 radical (unpaired) electrons. The van der Waals surface area contributed by atoms with Crippen LogP contribution in [0.3, 0.4) is 0 Å². The fourth-order valence-electron chi connectivity index (χ4n) is 3.20. The lowest BCUT2D eigenvalue weighted by Gasteiger charge is -2.26. The summed E-state index contributed by atoms with van der Waals surface area (Å²) in [5, 5.41) is 3.18. The number of hydrogen-bond donors (Lipinski definition) is 1. The van der Waals surface area contributed by atoms with Gasteiger partial charge in [-0.2, -0.15) is 0 Å². The van der Waals surface area contributed by atoms with Gasteiger partial charge in [-0.3, -0.25) is 9.78 Å². The second-order valence-corrected chi connectivity index (χ2v) is 8.78. The summed E-state index contributed by atoms with van der Waals surface area (Å²) in [5.41, 5.74) is 1.26. The van der Waals surface area contributed by atoms with Crippen molar-refractivity contribution < 1.29 is 13.2 Å². The summed E-state index contributed by atoms with van der Waals surface area (Å²) in [5.74, 6) is 0.897. The molecule has 1 N–H and O–H groups in total. The fourth-order valence-corrected chi connectivity index (χ4v) is 4.93. The Hall–Kier alpha value is -2.55. The molecule has 1 fully saturated rings. The van der Waals surface area contributed by atoms with Crippen molar-refractivity contribution in [1.29, 1.82) is 0 Å². The molecule has 0 saturated carbocycles. The van der Waals surface area contributed by atoms with Crippen LogP contribution in [0.1, 0.15) is 35.2 Å². The number of hydrogen-bond acceptors (Lipinski definition) is 7. The Labute approximate surface area is 159 Å². The van der Waals surface area contributed by atoms with Crippen molar-refractivity contribution in [2.45, 2.75) is 32.9 Å². The van der Waals surface area contributed by atoms with Gasteiger partial charge in [0.1, 0.15) is 17.3 Å². The van der Waals surface area contributed by atoms with Gasteiger partial charge < -0.3 is 10.2 Å². The Kier molecular flexibility index (Phi) is 5.69. The third-order valence-corrected chi connectivity index (χ3v) is 6.25. The summed E-state index contributed by atoms with van der Waals surface area (Å²) in [6.07, 6.45) is 3.93. The van der Waals surface area contributed by atoms with E-state index in [1.165, 1.54) is 0 Å². The van der Waals surface area contributed by atoms with Crippen molar-refractivity contribution in [3.05, 3.63) is 47.7 Å². The van der Waals surface area contributed by atoms with Crippen molar-refractivity contribution >= 4 is 21.6 Å². The second-order valence-electron chi connectivity index (χ2n) is 6.55. The molecule has 1 saturated heterocycles. The molecule has 0 aliphatic carbocycles. The first-order valence-corrected chi connectivity index (χ1v) is 10.7. The van der Waals surface area contributed by atoms with E-state index in [4.69, 9.17) is 0 Å². The van der Waals surface area contributed by atoms with Crippen LogP contribution in [0.2, 0.25) is 0 Å². The zero-order chi connectivity index (χ0) is 19.4. The Balaban J connectivity index is 1.76. The molecule has 27 heavy (non-hydrogen) atoms. The van der Waals surface area contributed by atoms with Gasteiger partial charge >= 0.3 is 0 Å². The summed E-state index contributed by atoms with van der Waals surface area (Å²) in [7, 11) is -3.07. The molecule has 0 spiro atoms. The largest absolute Gasteiger partial charge is 0.366 e. The highest BCUT2D eigenvalue weighted by Gasteiger charge is 2.34. The zero-order valence-electron chi connectivity index (χ0n) is 15.4. The van der Waals surface area contributed by atoms with Crippen LogP contribution in [0.25, 0.3) is 0 Å². The maximum absolute atomic E-state index is 13.0. The lowest BCUT2D eigenvalue weighted by Crippen LogP contribution is -2.41. The van der Waals surface area contributed by atoms with Crippen molar-refractivity contribution in [2.75, 3.05) is 23.4 Å². The van der Waals surface area contributed by atoms with E-state index < -0.39 is 9.84 Å². The molecule has 2 aromatic rings. The maximum Gasteiger partial charge on any atom is 0.272 e. The van der Waals surface area contributed by atoms with Gasteiger partial charge in [-0.1, -0.05) is 6.07 Å². The van der Waals surface area contributed by atoms with Crippen LogP contribution in [-0.4, -0.2) is 58.3 Å². The van der Waals surface area contributed by atoms with Gasteiger partial charge in [0.05, 0.1) is 11.5 Å². The van der Waals surface area contributed by atoms with E-state index in [0.29, 0.717) is 31.2 Å². The average molecular weight is 389 g/mol. The fraction of sp³-hybridized carbons (Fsp3) is 0.444. The molecule has 0 bridgehead atoms. The number of nitrogens with zero attached hydrogens (tertiary/aromatic N) is 4. The first-order valence-electron chi connectivity index (χ1n) is 8.88. The molecule has 1 unspecified atom stereocenters. The lowest BCUT2D eigenvalue weighted by atomic mass is 10.2. The summed E-state index contributed by atoms with van der Waals surface area (Å²) >= 11 is 0. The topological polar surface area (TPSA) is 105 Å². The first-order chi connectivity index (χ1) is 12.9. The van der Waals surface area contributed by atoms with E-state index in [2.05, 4.69) is 20.3 Å². The molecule has 1 aliphatic rings. The van der Waals surface area contributed by atoms with E-state index in [0.717, 1.165) is 5.56 Å². The van der Waals surface area contributed by atoms with E-state index in [9.17, 15) is 13.2 Å². The normalized spacial score (nSPS) is 18.2. The van der Waals surface area contributed by atoms with E-state index in [1.54, 1.807) is 30.3 Å². The molecule has 2 aromatic heterocycles. The third-order valence-electron chi connectivity index (χ3n) is 4.50. The molecule has 8 nitrogen and oxygen atoms in total. The minimum atomic E-state index is -3.07. The van der Waals surface area contributed by atoms with Crippen molar-refractivity contribution in [1.82, 2.24) is 19.9 Å². The number of nitrogens with one attached hydrogen (secondary N) is 1. The number of rotatable bonds is 6. The number of pyridine rings is 1. The highest BCUT2D eigenvalue weighted by Crippen LogP contribution is 2.20. The number of carbonyl (C=O) groups excluding carboxylic acids is 1. The van der Waals surface area contributed by atoms with Crippen LogP contribution in [0.4, 0.5) is 5.82 Å². The van der Waals surface area contributed by atoms with Crippen LogP contribution < -0.4 is 5.32 Å². The highest BCUT2D eigenvalue weighted by molar-refractivity contribution is 7.91. The predicted octanol–water partition coefficient (Wildman–Crippen LogP) is 1.44. The number of amides is 1. The van der Waals surface area contributed by atoms with Crippen LogP contribution in [0, 0.1) is 6.92 Å². The average Bonchev–Trinajstić information content (AvgIpc) is 3.00. The summed E-state index contributed by atoms with van der Waals surface area (Å²) in [6, 6.07) is 5.11. The van der Waals surface area contributed by atoms with Gasteiger partial charge in [0.2, 0.25) is 0 Å². The summed E-state index contributed by atoms with van der Waals surface area (Å²) in [4.78, 5) is 27.2. The molecule has 1 amide bonds. The predicted molar refractivity (Wildman–Crippen MR) is 102 cm³/mol. The quantitative estimate of drug-likeness (QED) is 0.797. The minimum Gasteiger partial charge on any atom is -0.366 e. The van der Waals surface area contributed by atoms with Crippen LogP contribution in [-0.2, 0) is 16.4 Å². The molecule has 1 aliphatic heterocycles. The second kappa shape index (κ2) is 7.99. The molecule has 1 atom stereocenters. The SMILES string of the molecule is CCN(C(=O)c1cc(NCc2cccnc2)nc(C)n1)C1CCS(=O)(=O)C1. The van der Waals surface area contributed by atoms with Gasteiger partial charge in [-0.25, -0.2) is 18.4 Å². The lowest BCUT2D eigenvalue weighted by molar-refractivity contribution is 0.0702. The van der Waals surface area contributed by atoms with Crippen molar-refractivity contribution in [3.8, 4) is 0 Å². The molecule has 3 rings (SSSR count). The van der Waals surface area contributed by atoms with Gasteiger partial charge in [0, 0.05) is 37.6 Å². The minimum absolute atomic E-state index is 0.0166. The molecular weight excluding hydrogens is 366 g/mol. The maximum atomic E-state index is 13.0. The zero-order valence-corrected chi connectivity index (χ0v) is 16.2. The van der Waals surface area contributed by atoms with Crippen molar-refractivity contribution in [3.63, 3.8) is 0 Å². The van der Waals surface area contributed by atoms with Gasteiger partial charge in [-0.05, 0) is 31.9 Å². The Morgan fingerprint density at radius 3 is 2.81 bits per heavy atom. The van der Waals surface area contributed by atoms with E-state index >= 15 is 0 Å². The highest BCUT2D eigenvalue weighted by atomic mass is 32.2. The van der Waals surface area contributed by atoms with E-state index in [-0.39, 0.29) is 29.1 Å². The monoisotopic (exact) mass is 389 g/mol. The summed E-state index contributed by atoms with van der Waals surface area (Å²) in [6.45, 7) is 4.53. The number of aryl methyl sites for hydroxylation is 1.